The topological polar surface area (TPSA) is 54.2 Å². The van der Waals surface area contributed by atoms with Crippen LogP contribution in [0.5, 0.6) is 6.01 Å². The summed E-state index contributed by atoms with van der Waals surface area (Å²) in [5.41, 5.74) is 0.238. The summed E-state index contributed by atoms with van der Waals surface area (Å²) in [5.74, 6) is 0.765. The molecule has 88 valence electrons. The van der Waals surface area contributed by atoms with Crippen LogP contribution >= 0.6 is 0 Å². The molecule has 16 heavy (non-hydrogen) atoms. The van der Waals surface area contributed by atoms with Gasteiger partial charge in [-0.25, -0.2) is 4.68 Å². The molecule has 0 aromatic carbocycles. The van der Waals surface area contributed by atoms with Crippen LogP contribution in [0.1, 0.15) is 19.8 Å². The van der Waals surface area contributed by atoms with Crippen LogP contribution in [0.15, 0.2) is 6.33 Å². The summed E-state index contributed by atoms with van der Waals surface area (Å²) in [5, 5.41) is 13.6. The van der Waals surface area contributed by atoms with Gasteiger partial charge >= 0.3 is 6.01 Å². The van der Waals surface area contributed by atoms with Gasteiger partial charge in [-0.15, -0.1) is 0 Å². The molecule has 1 atom stereocenters. The van der Waals surface area contributed by atoms with Gasteiger partial charge in [0, 0.05) is 12.0 Å². The van der Waals surface area contributed by atoms with Crippen molar-refractivity contribution in [1.29, 1.82) is 0 Å². The molecule has 3 saturated heterocycles. The van der Waals surface area contributed by atoms with Crippen molar-refractivity contribution < 1.29 is 5.11 Å². The first kappa shape index (κ1) is 10.1. The van der Waals surface area contributed by atoms with E-state index in [1.165, 1.54) is 32.3 Å². The van der Waals surface area contributed by atoms with Gasteiger partial charge in [0.25, 0.3) is 0 Å². The molecule has 5 nitrogen and oxygen atoms in total. The van der Waals surface area contributed by atoms with Gasteiger partial charge in [-0.1, -0.05) is 6.92 Å². The van der Waals surface area contributed by atoms with Gasteiger partial charge in [-0.2, -0.15) is 10.1 Å². The zero-order valence-electron chi connectivity index (χ0n) is 9.63. The summed E-state index contributed by atoms with van der Waals surface area (Å²) >= 11 is 0. The average molecular weight is 222 g/mol. The van der Waals surface area contributed by atoms with Crippen LogP contribution < -0.4 is 0 Å². The van der Waals surface area contributed by atoms with E-state index in [2.05, 4.69) is 21.9 Å². The largest absolute Gasteiger partial charge is 0.479 e. The molecule has 3 aliphatic heterocycles. The van der Waals surface area contributed by atoms with Crippen molar-refractivity contribution >= 4 is 0 Å². The maximum absolute atomic E-state index is 9.54. The number of rotatable bonds is 2. The van der Waals surface area contributed by atoms with Crippen molar-refractivity contribution in [1.82, 2.24) is 19.7 Å². The Morgan fingerprint density at radius 2 is 2.25 bits per heavy atom. The maximum Gasteiger partial charge on any atom is 0.312 e. The van der Waals surface area contributed by atoms with Crippen molar-refractivity contribution in [3.05, 3.63) is 6.33 Å². The third kappa shape index (κ3) is 1.50. The summed E-state index contributed by atoms with van der Waals surface area (Å²) in [6.07, 6.45) is 3.98. The van der Waals surface area contributed by atoms with Gasteiger partial charge in [-0.05, 0) is 31.8 Å². The average Bonchev–Trinajstić information content (AvgIpc) is 2.65. The van der Waals surface area contributed by atoms with Crippen molar-refractivity contribution in [2.75, 3.05) is 19.6 Å². The van der Waals surface area contributed by atoms with E-state index in [4.69, 9.17) is 0 Å². The van der Waals surface area contributed by atoms with Gasteiger partial charge in [0.1, 0.15) is 6.33 Å². The van der Waals surface area contributed by atoms with E-state index in [1.807, 2.05) is 0 Å². The van der Waals surface area contributed by atoms with Crippen molar-refractivity contribution in [2.24, 2.45) is 11.3 Å². The Kier molecular flexibility index (Phi) is 2.17. The maximum atomic E-state index is 9.54. The number of aromatic hydroxyl groups is 1. The highest BCUT2D eigenvalue weighted by atomic mass is 16.3. The molecule has 4 heterocycles. The molecule has 1 unspecified atom stereocenters. The minimum Gasteiger partial charge on any atom is -0.479 e. The Bertz CT molecular complexity index is 383. The van der Waals surface area contributed by atoms with Crippen LogP contribution in [-0.4, -0.2) is 44.4 Å². The summed E-state index contributed by atoms with van der Waals surface area (Å²) in [4.78, 5) is 6.29. The smallest absolute Gasteiger partial charge is 0.312 e. The van der Waals surface area contributed by atoms with Gasteiger partial charge in [0.15, 0.2) is 0 Å². The predicted octanol–water partition coefficient (Wildman–Crippen LogP) is 0.716. The molecular formula is C11H18N4O. The monoisotopic (exact) mass is 222 g/mol. The second-order valence-electron chi connectivity index (χ2n) is 5.42. The molecule has 1 aromatic rings. The van der Waals surface area contributed by atoms with E-state index in [-0.39, 0.29) is 11.4 Å². The number of piperidine rings is 3. The summed E-state index contributed by atoms with van der Waals surface area (Å²) in [7, 11) is 0. The van der Waals surface area contributed by atoms with Gasteiger partial charge < -0.3 is 10.0 Å². The lowest BCUT2D eigenvalue weighted by Crippen LogP contribution is -2.54. The zero-order valence-corrected chi connectivity index (χ0v) is 9.63. The highest BCUT2D eigenvalue weighted by molar-refractivity contribution is 4.97. The third-order valence-corrected chi connectivity index (χ3v) is 4.26. The quantitative estimate of drug-likeness (QED) is 0.801. The molecule has 2 bridgehead atoms. The summed E-state index contributed by atoms with van der Waals surface area (Å²) < 4.78 is 1.63. The normalized spacial score (nSPS) is 37.8. The molecule has 0 radical (unpaired) electrons. The third-order valence-electron chi connectivity index (χ3n) is 4.26. The van der Waals surface area contributed by atoms with Crippen molar-refractivity contribution in [3.8, 4) is 6.01 Å². The zero-order chi connectivity index (χ0) is 11.2. The molecule has 5 heteroatoms. The highest BCUT2D eigenvalue weighted by Crippen LogP contribution is 2.43. The Morgan fingerprint density at radius 1 is 1.50 bits per heavy atom. The van der Waals surface area contributed by atoms with Crippen LogP contribution in [-0.2, 0) is 6.54 Å². The minimum atomic E-state index is 0.0395. The SMILES string of the molecule is CC1(Cn2ncnc2O)CN2CCC1CC2. The second-order valence-corrected chi connectivity index (χ2v) is 5.42. The lowest BCUT2D eigenvalue weighted by Gasteiger charge is -2.51. The van der Waals surface area contributed by atoms with Gasteiger partial charge in [0.05, 0.1) is 6.54 Å². The lowest BCUT2D eigenvalue weighted by molar-refractivity contribution is -0.0306. The van der Waals surface area contributed by atoms with Crippen LogP contribution in [0.25, 0.3) is 0 Å². The van der Waals surface area contributed by atoms with E-state index >= 15 is 0 Å². The molecule has 3 aliphatic rings. The fraction of sp³-hybridized carbons (Fsp3) is 0.818. The standard InChI is InChI=1S/C11H18N4O/c1-11(7-15-10(16)12-8-13-15)6-14-4-2-9(11)3-5-14/h8-9H,2-7H2,1H3,(H,12,13,16). The number of aromatic nitrogens is 3. The number of hydrogen-bond acceptors (Lipinski definition) is 4. The highest BCUT2D eigenvalue weighted by Gasteiger charge is 2.43. The predicted molar refractivity (Wildman–Crippen MR) is 59.0 cm³/mol. The molecule has 0 aliphatic carbocycles. The summed E-state index contributed by atoms with van der Waals surface area (Å²) in [6, 6.07) is 0.0395. The number of nitrogens with zero attached hydrogens (tertiary/aromatic N) is 4. The van der Waals surface area contributed by atoms with E-state index < -0.39 is 0 Å². The van der Waals surface area contributed by atoms with Gasteiger partial charge in [-0.3, -0.25) is 0 Å². The molecule has 1 aromatic heterocycles. The van der Waals surface area contributed by atoms with E-state index in [1.54, 1.807) is 4.68 Å². The van der Waals surface area contributed by atoms with Crippen molar-refractivity contribution in [2.45, 2.75) is 26.3 Å². The molecule has 3 fully saturated rings. The molecule has 0 amide bonds. The fourth-order valence-electron chi connectivity index (χ4n) is 3.32. The van der Waals surface area contributed by atoms with E-state index in [0.29, 0.717) is 0 Å². The Balaban J connectivity index is 1.81. The van der Waals surface area contributed by atoms with Crippen LogP contribution in [0.3, 0.4) is 0 Å². The van der Waals surface area contributed by atoms with E-state index in [9.17, 15) is 5.11 Å². The van der Waals surface area contributed by atoms with Crippen LogP contribution in [0, 0.1) is 11.3 Å². The first-order chi connectivity index (χ1) is 7.67. The Hall–Kier alpha value is -1.10. The molecule has 1 N–H and O–H groups in total. The van der Waals surface area contributed by atoms with Crippen LogP contribution in [0.2, 0.25) is 0 Å². The Morgan fingerprint density at radius 3 is 2.75 bits per heavy atom. The van der Waals surface area contributed by atoms with E-state index in [0.717, 1.165) is 19.0 Å². The fourth-order valence-corrected chi connectivity index (χ4v) is 3.32. The number of hydrogen-bond donors (Lipinski definition) is 1. The number of fused-ring (bicyclic) bond motifs is 3. The molecule has 4 rings (SSSR count). The Labute approximate surface area is 95.1 Å². The minimum absolute atomic E-state index is 0.0395. The molecular weight excluding hydrogens is 204 g/mol. The first-order valence-electron chi connectivity index (χ1n) is 5.96. The second kappa shape index (κ2) is 3.45. The molecule has 0 spiro atoms. The lowest BCUT2D eigenvalue weighted by atomic mass is 9.68. The first-order valence-corrected chi connectivity index (χ1v) is 5.96. The molecule has 0 saturated carbocycles. The van der Waals surface area contributed by atoms with Gasteiger partial charge in [0.2, 0.25) is 0 Å². The van der Waals surface area contributed by atoms with Crippen molar-refractivity contribution in [3.63, 3.8) is 0 Å². The summed E-state index contributed by atoms with van der Waals surface area (Å²) in [6.45, 7) is 6.69. The van der Waals surface area contributed by atoms with Crippen LogP contribution in [0.4, 0.5) is 0 Å².